The van der Waals surface area contributed by atoms with E-state index in [0.29, 0.717) is 22.7 Å². The Morgan fingerprint density at radius 2 is 1.83 bits per heavy atom. The van der Waals surface area contributed by atoms with Crippen LogP contribution in [-0.2, 0) is 14.3 Å². The number of hydrogen-bond acceptors (Lipinski definition) is 6. The predicted octanol–water partition coefficient (Wildman–Crippen LogP) is 2.09. The molecule has 3 amide bonds. The number of nitrogens with one attached hydrogen (secondary N) is 2. The number of carbonyl (C=O) groups excluding carboxylic acids is 3. The predicted molar refractivity (Wildman–Crippen MR) is 103 cm³/mol. The molecule has 0 saturated heterocycles. The molecule has 2 aromatic carbocycles. The zero-order chi connectivity index (χ0) is 20.8. The number of ether oxygens (including phenoxy) is 3. The minimum absolute atomic E-state index is 0.128. The van der Waals surface area contributed by atoms with Gasteiger partial charge in [-0.2, -0.15) is 0 Å². The molecule has 9 heteroatoms. The highest BCUT2D eigenvalue weighted by molar-refractivity contribution is 5.95. The molecule has 4 N–H and O–H groups in total. The van der Waals surface area contributed by atoms with Crippen molar-refractivity contribution in [2.75, 3.05) is 12.1 Å². The van der Waals surface area contributed by atoms with Crippen LogP contribution in [0.3, 0.4) is 0 Å². The van der Waals surface area contributed by atoms with E-state index in [1.807, 2.05) is 6.07 Å². The summed E-state index contributed by atoms with van der Waals surface area (Å²) in [5.74, 6) is -0.0377. The van der Waals surface area contributed by atoms with Crippen LogP contribution in [-0.4, -0.2) is 30.8 Å². The fraction of sp³-hybridized carbons (Fsp3) is 0.250. The van der Waals surface area contributed by atoms with Gasteiger partial charge in [0.05, 0.1) is 12.5 Å². The summed E-state index contributed by atoms with van der Waals surface area (Å²) in [5.41, 5.74) is 6.38. The lowest BCUT2D eigenvalue weighted by atomic mass is 10.0. The third-order valence-corrected chi connectivity index (χ3v) is 4.21. The minimum atomic E-state index is -1.04. The van der Waals surface area contributed by atoms with E-state index in [1.165, 1.54) is 6.92 Å². The highest BCUT2D eigenvalue weighted by atomic mass is 16.7. The summed E-state index contributed by atoms with van der Waals surface area (Å²) in [7, 11) is 0. The topological polar surface area (TPSA) is 129 Å². The van der Waals surface area contributed by atoms with Gasteiger partial charge in [0, 0.05) is 11.8 Å². The van der Waals surface area contributed by atoms with Gasteiger partial charge >= 0.3 is 12.0 Å². The number of amides is 3. The van der Waals surface area contributed by atoms with Crippen LogP contribution in [0.2, 0.25) is 0 Å². The maximum Gasteiger partial charge on any atom is 0.312 e. The molecule has 1 aliphatic heterocycles. The fourth-order valence-electron chi connectivity index (χ4n) is 2.79. The molecule has 0 saturated carbocycles. The second-order valence-electron chi connectivity index (χ2n) is 6.37. The monoisotopic (exact) mass is 399 g/mol. The molecule has 1 aliphatic rings. The van der Waals surface area contributed by atoms with Gasteiger partial charge < -0.3 is 30.6 Å². The van der Waals surface area contributed by atoms with Crippen molar-refractivity contribution in [3.8, 4) is 11.5 Å². The Kier molecular flexibility index (Phi) is 6.18. The van der Waals surface area contributed by atoms with Crippen LogP contribution in [0.25, 0.3) is 0 Å². The Bertz CT molecular complexity index is 902. The molecule has 0 aliphatic carbocycles. The summed E-state index contributed by atoms with van der Waals surface area (Å²) >= 11 is 0. The first-order valence-electron chi connectivity index (χ1n) is 8.93. The largest absolute Gasteiger partial charge is 0.454 e. The van der Waals surface area contributed by atoms with E-state index < -0.39 is 30.1 Å². The van der Waals surface area contributed by atoms with Crippen molar-refractivity contribution in [1.29, 1.82) is 0 Å². The standard InChI is InChI=1S/C20H21N3O6/c1-12(19(25)22-14-7-8-16-17(9-14)28-11-27-16)29-18(24)10-15(23-20(21)26)13-5-3-2-4-6-13/h2-9,12,15H,10-11H2,1H3,(H,22,25)(H3,21,23,26)/t12-,15-/m1/s1. The Hall–Kier alpha value is -3.75. The average Bonchev–Trinajstić information content (AvgIpc) is 3.15. The van der Waals surface area contributed by atoms with Crippen molar-refractivity contribution in [2.24, 2.45) is 5.73 Å². The molecule has 1 heterocycles. The lowest BCUT2D eigenvalue weighted by Gasteiger charge is -2.19. The van der Waals surface area contributed by atoms with Gasteiger partial charge in [0.15, 0.2) is 17.6 Å². The number of nitrogens with two attached hydrogens (primary N) is 1. The van der Waals surface area contributed by atoms with E-state index in [2.05, 4.69) is 10.6 Å². The minimum Gasteiger partial charge on any atom is -0.454 e. The van der Waals surface area contributed by atoms with Crippen molar-refractivity contribution >= 4 is 23.6 Å². The Labute approximate surface area is 167 Å². The maximum absolute atomic E-state index is 12.3. The smallest absolute Gasteiger partial charge is 0.312 e. The van der Waals surface area contributed by atoms with E-state index in [9.17, 15) is 14.4 Å². The van der Waals surface area contributed by atoms with Crippen molar-refractivity contribution in [2.45, 2.75) is 25.5 Å². The summed E-state index contributed by atoms with van der Waals surface area (Å²) in [4.78, 5) is 35.9. The lowest BCUT2D eigenvalue weighted by molar-refractivity contribution is -0.153. The zero-order valence-electron chi connectivity index (χ0n) is 15.7. The highest BCUT2D eigenvalue weighted by Crippen LogP contribution is 2.34. The molecule has 0 spiro atoms. The fourth-order valence-corrected chi connectivity index (χ4v) is 2.79. The summed E-state index contributed by atoms with van der Waals surface area (Å²) in [6, 6.07) is 12.4. The van der Waals surface area contributed by atoms with Gasteiger partial charge in [0.25, 0.3) is 5.91 Å². The SMILES string of the molecule is C[C@@H](OC(=O)C[C@@H](NC(N)=O)c1ccccc1)C(=O)Nc1ccc2c(c1)OCO2. The Morgan fingerprint density at radius 3 is 2.55 bits per heavy atom. The molecule has 2 aromatic rings. The van der Waals surface area contributed by atoms with Gasteiger partial charge in [0.1, 0.15) is 0 Å². The Balaban J connectivity index is 1.57. The number of primary amides is 1. The second-order valence-corrected chi connectivity index (χ2v) is 6.37. The van der Waals surface area contributed by atoms with Gasteiger partial charge in [-0.25, -0.2) is 4.79 Å². The summed E-state index contributed by atoms with van der Waals surface area (Å²) in [5, 5.41) is 5.16. The molecule has 3 rings (SSSR count). The highest BCUT2D eigenvalue weighted by Gasteiger charge is 2.23. The number of hydrogen-bond donors (Lipinski definition) is 3. The molecule has 152 valence electrons. The average molecular weight is 399 g/mol. The molecule has 2 atom stereocenters. The quantitative estimate of drug-likeness (QED) is 0.612. The number of rotatable bonds is 7. The van der Waals surface area contributed by atoms with Gasteiger partial charge in [-0.3, -0.25) is 9.59 Å². The summed E-state index contributed by atoms with van der Waals surface area (Å²) in [6.07, 6.45) is -1.22. The van der Waals surface area contributed by atoms with Crippen molar-refractivity contribution in [1.82, 2.24) is 5.32 Å². The molecular weight excluding hydrogens is 378 g/mol. The van der Waals surface area contributed by atoms with E-state index in [4.69, 9.17) is 19.9 Å². The Morgan fingerprint density at radius 1 is 1.10 bits per heavy atom. The van der Waals surface area contributed by atoms with Gasteiger partial charge in [-0.15, -0.1) is 0 Å². The molecule has 0 bridgehead atoms. The van der Waals surface area contributed by atoms with Crippen molar-refractivity contribution in [3.05, 3.63) is 54.1 Å². The number of fused-ring (bicyclic) bond motifs is 1. The van der Waals surface area contributed by atoms with Crippen LogP contribution >= 0.6 is 0 Å². The first kappa shape index (κ1) is 20.0. The van der Waals surface area contributed by atoms with E-state index >= 15 is 0 Å². The van der Waals surface area contributed by atoms with Gasteiger partial charge in [-0.05, 0) is 24.6 Å². The molecule has 0 radical (unpaired) electrons. The molecule has 0 fully saturated rings. The first-order chi connectivity index (χ1) is 13.9. The van der Waals surface area contributed by atoms with Gasteiger partial charge in [0.2, 0.25) is 6.79 Å². The van der Waals surface area contributed by atoms with Crippen LogP contribution in [0.1, 0.15) is 24.9 Å². The van der Waals surface area contributed by atoms with Crippen LogP contribution in [0, 0.1) is 0 Å². The molecule has 29 heavy (non-hydrogen) atoms. The normalized spacial score (nSPS) is 13.8. The summed E-state index contributed by atoms with van der Waals surface area (Å²) in [6.45, 7) is 1.59. The lowest BCUT2D eigenvalue weighted by Crippen LogP contribution is -2.36. The number of esters is 1. The molecule has 0 unspecified atom stereocenters. The summed E-state index contributed by atoms with van der Waals surface area (Å²) < 4.78 is 15.7. The third kappa shape index (κ3) is 5.38. The van der Waals surface area contributed by atoms with E-state index in [1.54, 1.807) is 42.5 Å². The number of anilines is 1. The first-order valence-corrected chi connectivity index (χ1v) is 8.93. The van der Waals surface area contributed by atoms with Crippen molar-refractivity contribution < 1.29 is 28.6 Å². The number of benzene rings is 2. The van der Waals surface area contributed by atoms with Crippen LogP contribution < -0.4 is 25.8 Å². The van der Waals surface area contributed by atoms with Crippen LogP contribution in [0.5, 0.6) is 11.5 Å². The second kappa shape index (κ2) is 8.96. The maximum atomic E-state index is 12.3. The molecule has 0 aromatic heterocycles. The van der Waals surface area contributed by atoms with E-state index in [0.717, 1.165) is 0 Å². The number of urea groups is 1. The molecular formula is C20H21N3O6. The zero-order valence-corrected chi connectivity index (χ0v) is 15.7. The van der Waals surface area contributed by atoms with Crippen LogP contribution in [0.15, 0.2) is 48.5 Å². The van der Waals surface area contributed by atoms with Crippen molar-refractivity contribution in [3.63, 3.8) is 0 Å². The van der Waals surface area contributed by atoms with Crippen LogP contribution in [0.4, 0.5) is 10.5 Å². The molecule has 9 nitrogen and oxygen atoms in total. The van der Waals surface area contributed by atoms with Gasteiger partial charge in [-0.1, -0.05) is 30.3 Å². The number of carbonyl (C=O) groups is 3. The third-order valence-electron chi connectivity index (χ3n) is 4.21. The van der Waals surface area contributed by atoms with E-state index in [-0.39, 0.29) is 13.2 Å².